The maximum absolute atomic E-state index is 9.13. The minimum Gasteiger partial charge on any atom is -0.481 e. The molecule has 2 N–H and O–H groups in total. The van der Waals surface area contributed by atoms with Crippen LogP contribution >= 0.6 is 0 Å². The zero-order valence-corrected chi connectivity index (χ0v) is 10.1. The molecule has 0 bridgehead atoms. The first-order chi connectivity index (χ1) is 7.13. The third-order valence-corrected chi connectivity index (χ3v) is 1.73. The second kappa shape index (κ2) is 13.2. The predicted octanol–water partition coefficient (Wildman–Crippen LogP) is 2.98. The molecule has 15 heavy (non-hydrogen) atoms. The zero-order valence-electron chi connectivity index (χ0n) is 10.1. The van der Waals surface area contributed by atoms with Gasteiger partial charge >= 0.3 is 0 Å². The van der Waals surface area contributed by atoms with Crippen molar-refractivity contribution in [2.45, 2.75) is 59.0 Å². The Labute approximate surface area is 92.8 Å². The zero-order chi connectivity index (χ0) is 12.1. The van der Waals surface area contributed by atoms with Gasteiger partial charge in [0.15, 0.2) is 0 Å². The van der Waals surface area contributed by atoms with Crippen molar-refractivity contribution >= 4 is 5.97 Å². The smallest absolute Gasteiger partial charge is 0.300 e. The molecule has 0 aliphatic heterocycles. The van der Waals surface area contributed by atoms with Crippen molar-refractivity contribution < 1.29 is 15.0 Å². The molecule has 0 aromatic rings. The number of carboxylic acids is 1. The van der Waals surface area contributed by atoms with Crippen LogP contribution in [0.4, 0.5) is 0 Å². The summed E-state index contributed by atoms with van der Waals surface area (Å²) >= 11 is 0. The van der Waals surface area contributed by atoms with Crippen LogP contribution in [0.3, 0.4) is 0 Å². The van der Waals surface area contributed by atoms with Crippen molar-refractivity contribution in [2.24, 2.45) is 0 Å². The van der Waals surface area contributed by atoms with Gasteiger partial charge in [-0.3, -0.25) is 4.79 Å². The molecule has 3 heteroatoms. The van der Waals surface area contributed by atoms with E-state index in [0.29, 0.717) is 0 Å². The van der Waals surface area contributed by atoms with Crippen LogP contribution in [0, 0.1) is 0 Å². The molecule has 0 radical (unpaired) electrons. The Morgan fingerprint density at radius 2 is 1.80 bits per heavy atom. The fourth-order valence-corrected chi connectivity index (χ4v) is 1.14. The second-order valence-electron chi connectivity index (χ2n) is 3.15. The Bertz CT molecular complexity index is 160. The van der Waals surface area contributed by atoms with Crippen molar-refractivity contribution in [2.75, 3.05) is 0 Å². The Balaban J connectivity index is 0. The molecule has 1 aliphatic rings. The quantitative estimate of drug-likeness (QED) is 0.612. The first kappa shape index (κ1) is 16.6. The lowest BCUT2D eigenvalue weighted by atomic mass is 10.0. The summed E-state index contributed by atoms with van der Waals surface area (Å²) in [5, 5.41) is 16.5. The van der Waals surface area contributed by atoms with Crippen LogP contribution in [0.25, 0.3) is 0 Å². The molecule has 0 saturated heterocycles. The van der Waals surface area contributed by atoms with E-state index in [1.165, 1.54) is 19.3 Å². The number of aliphatic hydroxyl groups excluding tert-OH is 1. The maximum Gasteiger partial charge on any atom is 0.300 e. The van der Waals surface area contributed by atoms with Crippen LogP contribution in [0.1, 0.15) is 52.9 Å². The van der Waals surface area contributed by atoms with Crippen LogP contribution in [-0.4, -0.2) is 22.3 Å². The SMILES string of the molecule is CC.CC(=O)O.OC1/C=C/CCCCC1. The molecule has 0 amide bonds. The summed E-state index contributed by atoms with van der Waals surface area (Å²) in [6.07, 6.45) is 9.71. The summed E-state index contributed by atoms with van der Waals surface area (Å²) in [7, 11) is 0. The molecule has 3 nitrogen and oxygen atoms in total. The summed E-state index contributed by atoms with van der Waals surface area (Å²) in [6.45, 7) is 5.08. The molecule has 0 fully saturated rings. The third-order valence-electron chi connectivity index (χ3n) is 1.73. The Kier molecular flexibility index (Phi) is 14.6. The molecule has 90 valence electrons. The van der Waals surface area contributed by atoms with Gasteiger partial charge in [0.05, 0.1) is 6.10 Å². The lowest BCUT2D eigenvalue weighted by Gasteiger charge is -2.07. The van der Waals surface area contributed by atoms with Gasteiger partial charge in [0.1, 0.15) is 0 Å². The Hall–Kier alpha value is -0.830. The van der Waals surface area contributed by atoms with Gasteiger partial charge < -0.3 is 10.2 Å². The molecule has 1 aliphatic carbocycles. The highest BCUT2D eigenvalue weighted by Crippen LogP contribution is 2.10. The topological polar surface area (TPSA) is 57.5 Å². The minimum absolute atomic E-state index is 0.162. The van der Waals surface area contributed by atoms with Gasteiger partial charge in [-0.05, 0) is 19.3 Å². The molecule has 0 heterocycles. The fourth-order valence-electron chi connectivity index (χ4n) is 1.14. The number of allylic oxidation sites excluding steroid dienone is 1. The maximum atomic E-state index is 9.13. The van der Waals surface area contributed by atoms with Crippen molar-refractivity contribution in [3.05, 3.63) is 12.2 Å². The van der Waals surface area contributed by atoms with E-state index in [1.54, 1.807) is 0 Å². The lowest BCUT2D eigenvalue weighted by molar-refractivity contribution is -0.134. The van der Waals surface area contributed by atoms with Gasteiger partial charge in [0.25, 0.3) is 5.97 Å². The number of aliphatic hydroxyl groups is 1. The van der Waals surface area contributed by atoms with E-state index in [4.69, 9.17) is 15.0 Å². The summed E-state index contributed by atoms with van der Waals surface area (Å²) in [5.41, 5.74) is 0. The van der Waals surface area contributed by atoms with E-state index < -0.39 is 5.97 Å². The molecular weight excluding hydrogens is 192 g/mol. The molecule has 1 unspecified atom stereocenters. The number of hydrogen-bond acceptors (Lipinski definition) is 2. The van der Waals surface area contributed by atoms with E-state index in [0.717, 1.165) is 19.8 Å². The van der Waals surface area contributed by atoms with Crippen LogP contribution in [-0.2, 0) is 4.79 Å². The third kappa shape index (κ3) is 19.5. The second-order valence-corrected chi connectivity index (χ2v) is 3.15. The largest absolute Gasteiger partial charge is 0.481 e. The average molecular weight is 216 g/mol. The van der Waals surface area contributed by atoms with Crippen molar-refractivity contribution in [1.82, 2.24) is 0 Å². The monoisotopic (exact) mass is 216 g/mol. The predicted molar refractivity (Wildman–Crippen MR) is 62.9 cm³/mol. The number of carbonyl (C=O) groups is 1. The van der Waals surface area contributed by atoms with Crippen LogP contribution in [0.2, 0.25) is 0 Å². The molecule has 0 aromatic heterocycles. The molecule has 0 saturated carbocycles. The summed E-state index contributed by atoms with van der Waals surface area (Å²) in [5.74, 6) is -0.833. The average Bonchev–Trinajstić information content (AvgIpc) is 2.14. The highest BCUT2D eigenvalue weighted by molar-refractivity contribution is 5.62. The van der Waals surface area contributed by atoms with Crippen molar-refractivity contribution in [1.29, 1.82) is 0 Å². The summed E-state index contributed by atoms with van der Waals surface area (Å²) in [6, 6.07) is 0. The van der Waals surface area contributed by atoms with Gasteiger partial charge in [-0.1, -0.05) is 38.8 Å². The van der Waals surface area contributed by atoms with Gasteiger partial charge in [0.2, 0.25) is 0 Å². The molecule has 1 rings (SSSR count). The van der Waals surface area contributed by atoms with Gasteiger partial charge in [-0.2, -0.15) is 0 Å². The molecule has 1 atom stereocenters. The van der Waals surface area contributed by atoms with E-state index in [2.05, 4.69) is 6.08 Å². The van der Waals surface area contributed by atoms with E-state index in [-0.39, 0.29) is 6.10 Å². The molecule has 0 spiro atoms. The van der Waals surface area contributed by atoms with Gasteiger partial charge in [-0.15, -0.1) is 0 Å². The van der Waals surface area contributed by atoms with Crippen LogP contribution in [0.5, 0.6) is 0 Å². The lowest BCUT2D eigenvalue weighted by Crippen LogP contribution is -2.02. The standard InChI is InChI=1S/C8H14O.C2H4O2.C2H6/c9-8-6-4-2-1-3-5-7-8;1-2(3)4;1-2/h4,6,8-9H,1-3,5,7H2;1H3,(H,3,4);1-2H3/b6-4+;;. The van der Waals surface area contributed by atoms with Gasteiger partial charge in [0, 0.05) is 6.92 Å². The van der Waals surface area contributed by atoms with E-state index in [9.17, 15) is 0 Å². The number of hydrogen-bond donors (Lipinski definition) is 2. The van der Waals surface area contributed by atoms with Crippen LogP contribution < -0.4 is 0 Å². The molecule has 0 aromatic carbocycles. The fraction of sp³-hybridized carbons (Fsp3) is 0.750. The first-order valence-electron chi connectivity index (χ1n) is 5.67. The highest BCUT2D eigenvalue weighted by atomic mass is 16.4. The van der Waals surface area contributed by atoms with Gasteiger partial charge in [-0.25, -0.2) is 0 Å². The van der Waals surface area contributed by atoms with E-state index >= 15 is 0 Å². The van der Waals surface area contributed by atoms with E-state index in [1.807, 2.05) is 19.9 Å². The molecular formula is C12H24O3. The normalized spacial score (nSPS) is 21.7. The Morgan fingerprint density at radius 3 is 2.33 bits per heavy atom. The summed E-state index contributed by atoms with van der Waals surface area (Å²) in [4.78, 5) is 9.00. The number of rotatable bonds is 0. The van der Waals surface area contributed by atoms with Crippen molar-refractivity contribution in [3.8, 4) is 0 Å². The number of aliphatic carboxylic acids is 1. The van der Waals surface area contributed by atoms with Crippen molar-refractivity contribution in [3.63, 3.8) is 0 Å². The number of carboxylic acid groups (broad SMARTS) is 1. The highest BCUT2D eigenvalue weighted by Gasteiger charge is 2.00. The first-order valence-corrected chi connectivity index (χ1v) is 5.67. The van der Waals surface area contributed by atoms with Crippen LogP contribution in [0.15, 0.2) is 12.2 Å². The minimum atomic E-state index is -0.833. The summed E-state index contributed by atoms with van der Waals surface area (Å²) < 4.78 is 0. The Morgan fingerprint density at radius 1 is 1.27 bits per heavy atom.